The number of anilines is 1. The number of aliphatic hydroxyl groups is 1. The van der Waals surface area contributed by atoms with Gasteiger partial charge in [0, 0.05) is 30.4 Å². The van der Waals surface area contributed by atoms with E-state index >= 15 is 0 Å². The molecule has 0 fully saturated rings. The molecule has 0 aliphatic carbocycles. The summed E-state index contributed by atoms with van der Waals surface area (Å²) >= 11 is 14.0. The summed E-state index contributed by atoms with van der Waals surface area (Å²) in [5.74, 6) is -0.663. The molecule has 2 N–H and O–H groups in total. The first-order chi connectivity index (χ1) is 10.4. The minimum absolute atomic E-state index is 0.140. The zero-order chi connectivity index (χ0) is 16.1. The van der Waals surface area contributed by atoms with Gasteiger partial charge in [-0.05, 0) is 52.4 Å². The van der Waals surface area contributed by atoms with Crippen LogP contribution >= 0.6 is 45.8 Å². The van der Waals surface area contributed by atoms with Gasteiger partial charge in [0.2, 0.25) is 0 Å². The molecule has 3 rings (SSSR count). The predicted molar refractivity (Wildman–Crippen MR) is 92.1 cm³/mol. The lowest BCUT2D eigenvalue weighted by atomic mass is 9.85. The smallest absolute Gasteiger partial charge is 0.265 e. The van der Waals surface area contributed by atoms with Crippen LogP contribution in [0.15, 0.2) is 30.3 Å². The normalized spacial score (nSPS) is 20.0. The van der Waals surface area contributed by atoms with Crippen molar-refractivity contribution < 1.29 is 14.3 Å². The number of amides is 1. The van der Waals surface area contributed by atoms with Gasteiger partial charge in [-0.2, -0.15) is 0 Å². The van der Waals surface area contributed by atoms with E-state index in [9.17, 15) is 14.3 Å². The minimum Gasteiger partial charge on any atom is -0.372 e. The topological polar surface area (TPSA) is 49.3 Å². The first-order valence-electron chi connectivity index (χ1n) is 6.26. The molecule has 2 aromatic carbocycles. The predicted octanol–water partition coefficient (Wildman–Crippen LogP) is 4.26. The number of halogens is 4. The molecule has 0 bridgehead atoms. The summed E-state index contributed by atoms with van der Waals surface area (Å²) < 4.78 is 14.2. The Morgan fingerprint density at radius 3 is 2.64 bits per heavy atom. The van der Waals surface area contributed by atoms with Gasteiger partial charge in [-0.3, -0.25) is 4.79 Å². The van der Waals surface area contributed by atoms with E-state index in [2.05, 4.69) is 5.32 Å². The van der Waals surface area contributed by atoms with Crippen molar-refractivity contribution in [1.82, 2.24) is 0 Å². The fourth-order valence-electron chi connectivity index (χ4n) is 2.66. The molecule has 3 nitrogen and oxygen atoms in total. The Bertz CT molecular complexity index is 799. The fraction of sp³-hybridized carbons (Fsp3) is 0.133. The maximum atomic E-state index is 13.4. The van der Waals surface area contributed by atoms with Crippen LogP contribution in [0.4, 0.5) is 10.1 Å². The number of carbonyl (C=O) groups is 1. The van der Waals surface area contributed by atoms with Crippen molar-refractivity contribution >= 4 is 57.4 Å². The Hall–Kier alpha value is -0.890. The average molecular weight is 452 g/mol. The molecule has 0 radical (unpaired) electrons. The number of rotatable bonds is 2. The van der Waals surface area contributed by atoms with E-state index in [0.29, 0.717) is 10.7 Å². The molecule has 1 heterocycles. The van der Waals surface area contributed by atoms with Gasteiger partial charge in [-0.1, -0.05) is 29.3 Å². The minimum atomic E-state index is -2.04. The fourth-order valence-corrected chi connectivity index (χ4v) is 3.89. The van der Waals surface area contributed by atoms with Crippen LogP contribution < -0.4 is 5.32 Å². The van der Waals surface area contributed by atoms with Crippen molar-refractivity contribution in [1.29, 1.82) is 0 Å². The second kappa shape index (κ2) is 5.63. The van der Waals surface area contributed by atoms with Crippen molar-refractivity contribution in [2.75, 3.05) is 5.32 Å². The van der Waals surface area contributed by atoms with Crippen molar-refractivity contribution in [2.24, 2.45) is 0 Å². The van der Waals surface area contributed by atoms with Crippen LogP contribution in [0.25, 0.3) is 0 Å². The summed E-state index contributed by atoms with van der Waals surface area (Å²) in [7, 11) is 0. The third-order valence-corrected chi connectivity index (χ3v) is 4.76. The molecule has 1 aliphatic rings. The highest BCUT2D eigenvalue weighted by Crippen LogP contribution is 2.46. The monoisotopic (exact) mass is 451 g/mol. The number of hydrogen-bond acceptors (Lipinski definition) is 2. The lowest BCUT2D eigenvalue weighted by molar-refractivity contribution is -0.129. The highest BCUT2D eigenvalue weighted by molar-refractivity contribution is 14.1. The number of benzene rings is 2. The summed E-state index contributed by atoms with van der Waals surface area (Å²) in [4.78, 5) is 12.4. The van der Waals surface area contributed by atoms with Crippen LogP contribution in [0.3, 0.4) is 0 Å². The zero-order valence-electron chi connectivity index (χ0n) is 11.0. The van der Waals surface area contributed by atoms with Crippen LogP contribution in [-0.4, -0.2) is 11.0 Å². The Morgan fingerprint density at radius 2 is 2.00 bits per heavy atom. The average Bonchev–Trinajstić information content (AvgIpc) is 2.70. The van der Waals surface area contributed by atoms with E-state index in [4.69, 9.17) is 23.2 Å². The first kappa shape index (κ1) is 16.0. The molecule has 0 aromatic heterocycles. The quantitative estimate of drug-likeness (QED) is 0.670. The van der Waals surface area contributed by atoms with Gasteiger partial charge >= 0.3 is 0 Å². The molecule has 0 spiro atoms. The SMILES string of the molecule is O=C1Nc2cc(I)cc(CF)c2C1(O)c1ccc(Cl)cc1Cl. The lowest BCUT2D eigenvalue weighted by Gasteiger charge is -2.24. The first-order valence-corrected chi connectivity index (χ1v) is 8.09. The summed E-state index contributed by atoms with van der Waals surface area (Å²) in [5.41, 5.74) is -1.04. The number of alkyl halides is 1. The highest BCUT2D eigenvalue weighted by Gasteiger charge is 2.49. The van der Waals surface area contributed by atoms with Gasteiger partial charge < -0.3 is 10.4 Å². The maximum Gasteiger partial charge on any atom is 0.265 e. The van der Waals surface area contributed by atoms with Crippen LogP contribution in [0.2, 0.25) is 10.0 Å². The molecule has 0 saturated carbocycles. The molecule has 2 aromatic rings. The third kappa shape index (κ3) is 2.31. The lowest BCUT2D eigenvalue weighted by Crippen LogP contribution is -2.36. The third-order valence-electron chi connectivity index (χ3n) is 3.59. The molecule has 1 amide bonds. The second-order valence-corrected chi connectivity index (χ2v) is 7.00. The zero-order valence-corrected chi connectivity index (χ0v) is 14.6. The number of hydrogen-bond donors (Lipinski definition) is 2. The van der Waals surface area contributed by atoms with E-state index in [-0.39, 0.29) is 21.7 Å². The van der Waals surface area contributed by atoms with E-state index in [1.807, 2.05) is 22.6 Å². The van der Waals surface area contributed by atoms with E-state index < -0.39 is 18.2 Å². The molecular formula is C15H9Cl2FINO2. The largest absolute Gasteiger partial charge is 0.372 e. The molecule has 1 aliphatic heterocycles. The number of fused-ring (bicyclic) bond motifs is 1. The van der Waals surface area contributed by atoms with Gasteiger partial charge in [0.15, 0.2) is 5.60 Å². The molecule has 7 heteroatoms. The van der Waals surface area contributed by atoms with Crippen LogP contribution in [0, 0.1) is 3.57 Å². The van der Waals surface area contributed by atoms with Gasteiger partial charge in [-0.15, -0.1) is 0 Å². The van der Waals surface area contributed by atoms with Crippen LogP contribution in [-0.2, 0) is 17.1 Å². The summed E-state index contributed by atoms with van der Waals surface area (Å²) in [6.45, 7) is -0.804. The number of carbonyl (C=O) groups excluding carboxylic acids is 1. The Kier molecular flexibility index (Phi) is 4.09. The van der Waals surface area contributed by atoms with Gasteiger partial charge in [-0.25, -0.2) is 4.39 Å². The molecule has 22 heavy (non-hydrogen) atoms. The van der Waals surface area contributed by atoms with Gasteiger partial charge in [0.05, 0.1) is 0 Å². The summed E-state index contributed by atoms with van der Waals surface area (Å²) in [6, 6.07) is 7.69. The maximum absolute atomic E-state index is 13.4. The molecule has 0 saturated heterocycles. The molecule has 1 unspecified atom stereocenters. The van der Waals surface area contributed by atoms with E-state index in [1.165, 1.54) is 18.2 Å². The van der Waals surface area contributed by atoms with Crippen LogP contribution in [0.5, 0.6) is 0 Å². The highest BCUT2D eigenvalue weighted by atomic mass is 127. The second-order valence-electron chi connectivity index (χ2n) is 4.91. The van der Waals surface area contributed by atoms with Crippen molar-refractivity contribution in [3.63, 3.8) is 0 Å². The van der Waals surface area contributed by atoms with Crippen molar-refractivity contribution in [3.05, 3.63) is 60.6 Å². The standard InChI is InChI=1S/C15H9Cl2FINO2/c16-8-1-2-10(11(17)4-8)15(22)13-7(6-18)3-9(19)5-12(13)20-14(15)21/h1-5,22H,6H2,(H,20,21). The van der Waals surface area contributed by atoms with E-state index in [0.717, 1.165) is 3.57 Å². The summed E-state index contributed by atoms with van der Waals surface area (Å²) in [6.07, 6.45) is 0. The van der Waals surface area contributed by atoms with Crippen LogP contribution in [0.1, 0.15) is 16.7 Å². The van der Waals surface area contributed by atoms with Crippen molar-refractivity contribution in [3.8, 4) is 0 Å². The van der Waals surface area contributed by atoms with Gasteiger partial charge in [0.1, 0.15) is 6.67 Å². The Morgan fingerprint density at radius 1 is 1.27 bits per heavy atom. The Labute approximate surface area is 149 Å². The van der Waals surface area contributed by atoms with E-state index in [1.54, 1.807) is 12.1 Å². The molecule has 114 valence electrons. The van der Waals surface area contributed by atoms with Gasteiger partial charge in [0.25, 0.3) is 5.91 Å². The summed E-state index contributed by atoms with van der Waals surface area (Å²) in [5, 5.41) is 14.2. The Balaban J connectivity index is 2.31. The molecular weight excluding hydrogens is 443 g/mol. The number of nitrogens with one attached hydrogen (secondary N) is 1. The molecule has 1 atom stereocenters. The van der Waals surface area contributed by atoms with Crippen molar-refractivity contribution in [2.45, 2.75) is 12.3 Å².